The van der Waals surface area contributed by atoms with Crippen molar-refractivity contribution in [1.29, 1.82) is 0 Å². The van der Waals surface area contributed by atoms with Crippen molar-refractivity contribution in [2.24, 2.45) is 33.7 Å². The van der Waals surface area contributed by atoms with Crippen LogP contribution < -0.4 is 5.11 Å². The third kappa shape index (κ3) is 2.77. The van der Waals surface area contributed by atoms with Gasteiger partial charge in [-0.15, -0.1) is 0 Å². The molecule has 4 aliphatic carbocycles. The first-order valence-electron chi connectivity index (χ1n) is 10.2. The van der Waals surface area contributed by atoms with Crippen LogP contribution in [0.4, 0.5) is 0 Å². The summed E-state index contributed by atoms with van der Waals surface area (Å²) in [4.78, 5) is 15.3. The molecule has 0 spiro atoms. The fourth-order valence-electron chi connectivity index (χ4n) is 6.67. The molecule has 0 radical (unpaired) electrons. The van der Waals surface area contributed by atoms with Gasteiger partial charge in [0.25, 0.3) is 0 Å². The van der Waals surface area contributed by atoms with E-state index < -0.39 is 18.2 Å². The summed E-state index contributed by atoms with van der Waals surface area (Å²) in [6.07, 6.45) is 12.7. The van der Waals surface area contributed by atoms with Crippen molar-refractivity contribution in [3.05, 3.63) is 23.8 Å². The summed E-state index contributed by atoms with van der Waals surface area (Å²) in [7, 11) is 0. The first kappa shape index (κ1) is 18.7. The highest BCUT2D eigenvalue weighted by Gasteiger charge is 2.61. The van der Waals surface area contributed by atoms with Gasteiger partial charge < -0.3 is 19.8 Å². The van der Waals surface area contributed by atoms with E-state index in [9.17, 15) is 15.0 Å². The molecule has 0 aromatic rings. The standard InChI is InChI=1S/C22H31NO4/c1-20-9-6-15(23-27-13-19(24)25)12-14(20)4-5-16-17(20)7-10-21(2)18(16)8-11-22(21,3)26/h6,9,12,16-18,26H,4-5,7-8,10-11,13H2,1-3H3,(H,24,25)/p-1/b23-15-/t16-,17+,18+,20-,21-,22-/m0/s1. The molecule has 0 amide bonds. The van der Waals surface area contributed by atoms with E-state index >= 15 is 0 Å². The number of oxime groups is 1. The first-order valence-corrected chi connectivity index (χ1v) is 10.2. The van der Waals surface area contributed by atoms with E-state index in [2.05, 4.69) is 31.2 Å². The number of carboxylic acids is 1. The van der Waals surface area contributed by atoms with Gasteiger partial charge >= 0.3 is 0 Å². The van der Waals surface area contributed by atoms with E-state index in [-0.39, 0.29) is 10.8 Å². The minimum absolute atomic E-state index is 0.0199. The number of rotatable bonds is 3. The molecule has 0 aliphatic heterocycles. The Morgan fingerprint density at radius 2 is 2.00 bits per heavy atom. The Bertz CT molecular complexity index is 737. The highest BCUT2D eigenvalue weighted by Crippen LogP contribution is 2.66. The Morgan fingerprint density at radius 1 is 1.26 bits per heavy atom. The molecule has 5 nitrogen and oxygen atoms in total. The molecule has 27 heavy (non-hydrogen) atoms. The fraction of sp³-hybridized carbons (Fsp3) is 0.727. The summed E-state index contributed by atoms with van der Waals surface area (Å²) in [6.45, 7) is 6.16. The molecule has 0 aromatic carbocycles. The molecule has 4 rings (SSSR count). The van der Waals surface area contributed by atoms with Crippen LogP contribution in [-0.4, -0.2) is 29.0 Å². The van der Waals surface area contributed by atoms with Gasteiger partial charge in [0.05, 0.1) is 11.6 Å². The average molecular weight is 372 g/mol. The molecule has 4 aliphatic rings. The predicted octanol–water partition coefficient (Wildman–Crippen LogP) is 2.60. The van der Waals surface area contributed by atoms with E-state index in [1.54, 1.807) is 0 Å². The Balaban J connectivity index is 1.57. The van der Waals surface area contributed by atoms with Crippen molar-refractivity contribution in [3.63, 3.8) is 0 Å². The maximum atomic E-state index is 11.0. The zero-order valence-corrected chi connectivity index (χ0v) is 16.5. The van der Waals surface area contributed by atoms with Crippen LogP contribution in [0.15, 0.2) is 29.0 Å². The SMILES string of the molecule is C[C@]12C=C/C(=N/OCC(=O)[O-])C=C1CC[C@H]1[C@H]2CC[C@@]2(C)[C@@H]1CC[C@]2(C)O. The van der Waals surface area contributed by atoms with Gasteiger partial charge in [0.2, 0.25) is 0 Å². The molecule has 0 heterocycles. The maximum absolute atomic E-state index is 11.0. The monoisotopic (exact) mass is 372 g/mol. The lowest BCUT2D eigenvalue weighted by Gasteiger charge is -2.58. The Labute approximate surface area is 161 Å². The number of hydrogen-bond donors (Lipinski definition) is 1. The molecule has 0 unspecified atom stereocenters. The van der Waals surface area contributed by atoms with Crippen LogP contribution in [0.3, 0.4) is 0 Å². The van der Waals surface area contributed by atoms with Gasteiger partial charge in [0, 0.05) is 5.41 Å². The second kappa shape index (κ2) is 6.20. The van der Waals surface area contributed by atoms with Crippen molar-refractivity contribution >= 4 is 11.7 Å². The van der Waals surface area contributed by atoms with E-state index in [4.69, 9.17) is 4.84 Å². The molecule has 0 bridgehead atoms. The number of nitrogens with zero attached hydrogens (tertiary/aromatic N) is 1. The van der Waals surface area contributed by atoms with E-state index in [0.717, 1.165) is 38.5 Å². The minimum Gasteiger partial charge on any atom is -0.546 e. The highest BCUT2D eigenvalue weighted by atomic mass is 16.6. The normalized spacial score (nSPS) is 47.0. The number of fused-ring (bicyclic) bond motifs is 5. The highest BCUT2D eigenvalue weighted by molar-refractivity contribution is 6.05. The second-order valence-electron chi connectivity index (χ2n) is 9.63. The van der Waals surface area contributed by atoms with Crippen molar-refractivity contribution in [3.8, 4) is 0 Å². The van der Waals surface area contributed by atoms with Crippen LogP contribution >= 0.6 is 0 Å². The van der Waals surface area contributed by atoms with E-state index in [0.29, 0.717) is 23.5 Å². The molecule has 3 fully saturated rings. The van der Waals surface area contributed by atoms with Gasteiger partial charge in [-0.05, 0) is 80.8 Å². The second-order valence-corrected chi connectivity index (χ2v) is 9.63. The third-order valence-electron chi connectivity index (χ3n) is 8.48. The van der Waals surface area contributed by atoms with E-state index in [1.807, 2.05) is 13.0 Å². The Kier molecular flexibility index (Phi) is 4.30. The van der Waals surface area contributed by atoms with Gasteiger partial charge in [0.1, 0.15) is 5.71 Å². The van der Waals surface area contributed by atoms with Crippen LogP contribution in [0.1, 0.15) is 59.3 Å². The van der Waals surface area contributed by atoms with Gasteiger partial charge in [-0.3, -0.25) is 0 Å². The Hall–Kier alpha value is -1.62. The number of carbonyl (C=O) groups is 1. The lowest BCUT2D eigenvalue weighted by Crippen LogP contribution is -2.53. The molecule has 0 aromatic heterocycles. The Morgan fingerprint density at radius 3 is 2.74 bits per heavy atom. The molecule has 1 N–H and O–H groups in total. The van der Waals surface area contributed by atoms with Crippen molar-refractivity contribution in [2.45, 2.75) is 64.9 Å². The smallest absolute Gasteiger partial charge is 0.156 e. The fourth-order valence-corrected chi connectivity index (χ4v) is 6.67. The molecular formula is C22H30NO4-. The van der Waals surface area contributed by atoms with Crippen LogP contribution in [0, 0.1) is 28.6 Å². The average Bonchev–Trinajstić information content (AvgIpc) is 2.84. The number of hydrogen-bond acceptors (Lipinski definition) is 5. The van der Waals surface area contributed by atoms with Gasteiger partial charge in [-0.2, -0.15) is 0 Å². The maximum Gasteiger partial charge on any atom is 0.156 e. The number of carboxylic acid groups (broad SMARTS) is 1. The molecule has 6 atom stereocenters. The van der Waals surface area contributed by atoms with E-state index in [1.165, 1.54) is 5.57 Å². The van der Waals surface area contributed by atoms with Gasteiger partial charge in [-0.1, -0.05) is 30.7 Å². The topological polar surface area (TPSA) is 82.0 Å². The predicted molar refractivity (Wildman–Crippen MR) is 101 cm³/mol. The molecule has 3 saturated carbocycles. The summed E-state index contributed by atoms with van der Waals surface area (Å²) in [5, 5.41) is 25.4. The summed E-state index contributed by atoms with van der Waals surface area (Å²) in [5.41, 5.74) is 1.56. The van der Waals surface area contributed by atoms with Gasteiger partial charge in [0.15, 0.2) is 6.61 Å². The number of allylic oxidation sites excluding steroid dienone is 4. The summed E-state index contributed by atoms with van der Waals surface area (Å²) >= 11 is 0. The minimum atomic E-state index is -1.27. The van der Waals surface area contributed by atoms with Crippen molar-refractivity contribution < 1.29 is 19.8 Å². The van der Waals surface area contributed by atoms with Gasteiger partial charge in [-0.25, -0.2) is 0 Å². The first-order chi connectivity index (χ1) is 12.7. The van der Waals surface area contributed by atoms with Crippen molar-refractivity contribution in [2.75, 3.05) is 6.61 Å². The molecular weight excluding hydrogens is 342 g/mol. The largest absolute Gasteiger partial charge is 0.546 e. The zero-order chi connectivity index (χ0) is 19.4. The molecule has 5 heteroatoms. The number of carbonyl (C=O) groups excluding carboxylic acids is 1. The zero-order valence-electron chi connectivity index (χ0n) is 16.5. The summed E-state index contributed by atoms with van der Waals surface area (Å²) < 4.78 is 0. The lowest BCUT2D eigenvalue weighted by atomic mass is 9.47. The summed E-state index contributed by atoms with van der Waals surface area (Å²) in [5.74, 6) is 0.568. The molecule has 148 valence electrons. The quantitative estimate of drug-likeness (QED) is 0.772. The van der Waals surface area contributed by atoms with Crippen LogP contribution in [0.2, 0.25) is 0 Å². The van der Waals surface area contributed by atoms with Crippen LogP contribution in [0.25, 0.3) is 0 Å². The third-order valence-corrected chi connectivity index (χ3v) is 8.48. The lowest BCUT2D eigenvalue weighted by molar-refractivity contribution is -0.309. The number of aliphatic hydroxyl groups is 1. The van der Waals surface area contributed by atoms with Crippen LogP contribution in [-0.2, 0) is 9.63 Å². The van der Waals surface area contributed by atoms with Crippen LogP contribution in [0.5, 0.6) is 0 Å². The number of aliphatic carboxylic acids is 1. The van der Waals surface area contributed by atoms with Crippen molar-refractivity contribution in [1.82, 2.24) is 0 Å². The summed E-state index contributed by atoms with van der Waals surface area (Å²) in [6, 6.07) is 0. The molecule has 0 saturated heterocycles.